The molecule has 8 nitrogen and oxygen atoms in total. The molecular weight excluding hydrogens is 297 g/mol. The lowest BCUT2D eigenvalue weighted by Crippen LogP contribution is -2.21. The molecule has 20 heavy (non-hydrogen) atoms. The maximum absolute atomic E-state index is 12.6. The molecule has 0 atom stereocenters. The third kappa shape index (κ3) is 2.03. The average Bonchev–Trinajstić information content (AvgIpc) is 2.96. The Bertz CT molecular complexity index is 763. The van der Waals surface area contributed by atoms with Gasteiger partial charge in [-0.05, 0) is 11.8 Å². The molecule has 3 N–H and O–H groups in total. The Morgan fingerprint density at radius 1 is 1.25 bits per heavy atom. The zero-order valence-corrected chi connectivity index (χ0v) is 10.3. The summed E-state index contributed by atoms with van der Waals surface area (Å²) < 4.78 is 38.0. The number of H-pyrrole nitrogens is 1. The molecule has 0 bridgehead atoms. The minimum atomic E-state index is -4.67. The van der Waals surface area contributed by atoms with Crippen LogP contribution < -0.4 is 5.84 Å². The number of fused-ring (bicyclic) bond motifs is 1. The van der Waals surface area contributed by atoms with Crippen LogP contribution in [0.4, 0.5) is 13.2 Å². The van der Waals surface area contributed by atoms with Gasteiger partial charge >= 0.3 is 6.18 Å². The third-order valence-corrected chi connectivity index (χ3v) is 3.30. The third-order valence-electron chi connectivity index (χ3n) is 2.32. The molecule has 0 amide bonds. The van der Waals surface area contributed by atoms with Crippen molar-refractivity contribution in [1.82, 2.24) is 35.0 Å². The number of aromatic amines is 1. The number of rotatable bonds is 2. The quantitative estimate of drug-likeness (QED) is 0.532. The van der Waals surface area contributed by atoms with E-state index in [1.807, 2.05) is 0 Å². The maximum atomic E-state index is 12.6. The smallest absolute Gasteiger partial charge is 0.335 e. The van der Waals surface area contributed by atoms with E-state index >= 15 is 0 Å². The summed E-state index contributed by atoms with van der Waals surface area (Å²) in [7, 11) is 0. The highest BCUT2D eigenvalue weighted by Crippen LogP contribution is 2.32. The van der Waals surface area contributed by atoms with Gasteiger partial charge in [-0.15, -0.1) is 10.2 Å². The van der Waals surface area contributed by atoms with Gasteiger partial charge in [0.1, 0.15) is 11.4 Å². The van der Waals surface area contributed by atoms with Crippen molar-refractivity contribution < 1.29 is 13.2 Å². The van der Waals surface area contributed by atoms with Crippen LogP contribution in [-0.2, 0) is 6.18 Å². The number of hydrogen-bond acceptors (Lipinski definition) is 7. The first-order valence-electron chi connectivity index (χ1n) is 5.06. The zero-order chi connectivity index (χ0) is 14.3. The number of aromatic nitrogens is 7. The van der Waals surface area contributed by atoms with Crippen LogP contribution >= 0.6 is 11.8 Å². The van der Waals surface area contributed by atoms with E-state index in [0.29, 0.717) is 20.7 Å². The zero-order valence-electron chi connectivity index (χ0n) is 9.46. The fourth-order valence-electron chi connectivity index (χ4n) is 1.45. The number of nitrogens with two attached hydrogens (primary N) is 1. The minimum Gasteiger partial charge on any atom is -0.335 e. The van der Waals surface area contributed by atoms with Crippen molar-refractivity contribution >= 4 is 22.8 Å². The average molecular weight is 302 g/mol. The summed E-state index contributed by atoms with van der Waals surface area (Å²) in [5.74, 6) is 4.06. The largest absolute Gasteiger partial charge is 0.453 e. The number of halogens is 3. The lowest BCUT2D eigenvalue weighted by molar-refractivity contribution is -0.146. The topological polar surface area (TPSA) is 111 Å². The molecule has 0 saturated heterocycles. The Hall–Kier alpha value is -2.37. The lowest BCUT2D eigenvalue weighted by Gasteiger charge is -2.05. The van der Waals surface area contributed by atoms with Gasteiger partial charge < -0.3 is 5.84 Å². The molecule has 3 rings (SSSR count). The van der Waals surface area contributed by atoms with Gasteiger partial charge in [0.2, 0.25) is 5.16 Å². The van der Waals surface area contributed by atoms with Crippen LogP contribution in [0.25, 0.3) is 11.0 Å². The highest BCUT2D eigenvalue weighted by molar-refractivity contribution is 7.99. The van der Waals surface area contributed by atoms with Crippen molar-refractivity contribution in [3.63, 3.8) is 0 Å². The molecule has 3 heterocycles. The first kappa shape index (κ1) is 12.7. The predicted molar refractivity (Wildman–Crippen MR) is 61.0 cm³/mol. The van der Waals surface area contributed by atoms with Crippen molar-refractivity contribution in [2.24, 2.45) is 0 Å². The summed E-state index contributed by atoms with van der Waals surface area (Å²) in [5, 5.41) is 13.6. The predicted octanol–water partition coefficient (Wildman–Crippen LogP) is 0.828. The van der Waals surface area contributed by atoms with E-state index in [0.717, 1.165) is 11.8 Å². The van der Waals surface area contributed by atoms with Crippen LogP contribution in [0.15, 0.2) is 22.7 Å². The summed E-state index contributed by atoms with van der Waals surface area (Å²) in [6.07, 6.45) is -1.96. The lowest BCUT2D eigenvalue weighted by atomic mass is 10.4. The van der Waals surface area contributed by atoms with E-state index in [2.05, 4.69) is 30.4 Å². The number of hydrogen-bond donors (Lipinski definition) is 2. The second-order valence-corrected chi connectivity index (χ2v) is 4.54. The normalized spacial score (nSPS) is 12.2. The second-order valence-electron chi connectivity index (χ2n) is 3.59. The standard InChI is InChI=1S/C8H5F3N8S/c9-8(10,11)6-17-18-7(19(6)12)20-5-3-1-15-16-4(3)13-2-14-5/h1-2H,12H2,(H,13,14,15,16). The summed E-state index contributed by atoms with van der Waals surface area (Å²) >= 11 is 0.839. The van der Waals surface area contributed by atoms with Gasteiger partial charge in [0.05, 0.1) is 11.6 Å². The van der Waals surface area contributed by atoms with Crippen molar-refractivity contribution in [1.29, 1.82) is 0 Å². The van der Waals surface area contributed by atoms with E-state index in [1.165, 1.54) is 12.5 Å². The van der Waals surface area contributed by atoms with Crippen LogP contribution in [0.1, 0.15) is 5.82 Å². The number of nitrogen functional groups attached to an aromatic ring is 1. The van der Waals surface area contributed by atoms with Crippen molar-refractivity contribution in [3.8, 4) is 0 Å². The highest BCUT2D eigenvalue weighted by atomic mass is 32.2. The highest BCUT2D eigenvalue weighted by Gasteiger charge is 2.38. The van der Waals surface area contributed by atoms with Gasteiger partial charge in [-0.25, -0.2) is 14.6 Å². The molecular formula is C8H5F3N8S. The summed E-state index contributed by atoms with van der Waals surface area (Å²) in [4.78, 5) is 7.87. The Labute approximate surface area is 112 Å². The van der Waals surface area contributed by atoms with Crippen molar-refractivity contribution in [3.05, 3.63) is 18.3 Å². The molecule has 3 aromatic rings. The molecule has 3 aromatic heterocycles. The SMILES string of the molecule is Nn1c(Sc2ncnc3[nH]ncc23)nnc1C(F)(F)F. The first-order chi connectivity index (χ1) is 9.47. The first-order valence-corrected chi connectivity index (χ1v) is 5.88. The van der Waals surface area contributed by atoms with Gasteiger partial charge in [0.15, 0.2) is 5.65 Å². The van der Waals surface area contributed by atoms with Gasteiger partial charge in [0.25, 0.3) is 5.82 Å². The van der Waals surface area contributed by atoms with Crippen LogP contribution in [-0.4, -0.2) is 35.0 Å². The fourth-order valence-corrected chi connectivity index (χ4v) is 2.25. The molecule has 0 aliphatic carbocycles. The number of nitrogens with zero attached hydrogens (tertiary/aromatic N) is 6. The molecule has 0 fully saturated rings. The van der Waals surface area contributed by atoms with Gasteiger partial charge in [-0.2, -0.15) is 18.3 Å². The van der Waals surface area contributed by atoms with E-state index < -0.39 is 12.0 Å². The fraction of sp³-hybridized carbons (Fsp3) is 0.125. The number of nitrogens with one attached hydrogen (secondary N) is 1. The van der Waals surface area contributed by atoms with Crippen molar-refractivity contribution in [2.75, 3.05) is 5.84 Å². The Kier molecular flexibility index (Phi) is 2.74. The maximum Gasteiger partial charge on any atom is 0.453 e. The minimum absolute atomic E-state index is 0.140. The Morgan fingerprint density at radius 3 is 2.75 bits per heavy atom. The van der Waals surface area contributed by atoms with Crippen molar-refractivity contribution in [2.45, 2.75) is 16.4 Å². The van der Waals surface area contributed by atoms with E-state index in [9.17, 15) is 13.2 Å². The van der Waals surface area contributed by atoms with Gasteiger partial charge in [-0.1, -0.05) is 0 Å². The molecule has 104 valence electrons. The summed E-state index contributed by atoms with van der Waals surface area (Å²) in [6.45, 7) is 0. The van der Waals surface area contributed by atoms with Crippen LogP contribution in [0.5, 0.6) is 0 Å². The van der Waals surface area contributed by atoms with Crippen LogP contribution in [0.2, 0.25) is 0 Å². The van der Waals surface area contributed by atoms with E-state index in [-0.39, 0.29) is 5.16 Å². The monoisotopic (exact) mass is 302 g/mol. The molecule has 0 aliphatic rings. The molecule has 12 heteroatoms. The van der Waals surface area contributed by atoms with Gasteiger partial charge in [0, 0.05) is 0 Å². The Balaban J connectivity index is 2.00. The molecule has 0 aliphatic heterocycles. The molecule has 0 saturated carbocycles. The number of alkyl halides is 3. The molecule has 0 radical (unpaired) electrons. The van der Waals surface area contributed by atoms with Gasteiger partial charge in [-0.3, -0.25) is 5.10 Å². The van der Waals surface area contributed by atoms with E-state index in [1.54, 1.807) is 0 Å². The molecule has 0 aromatic carbocycles. The van der Waals surface area contributed by atoms with E-state index in [4.69, 9.17) is 5.84 Å². The van der Waals surface area contributed by atoms with Crippen LogP contribution in [0, 0.1) is 0 Å². The molecule has 0 spiro atoms. The molecule has 0 unspecified atom stereocenters. The summed E-state index contributed by atoms with van der Waals surface area (Å²) in [5.41, 5.74) is 0.460. The Morgan fingerprint density at radius 2 is 2.05 bits per heavy atom. The van der Waals surface area contributed by atoms with Crippen LogP contribution in [0.3, 0.4) is 0 Å². The second kappa shape index (κ2) is 4.33. The summed E-state index contributed by atoms with van der Waals surface area (Å²) in [6, 6.07) is 0.